The molecule has 0 saturated heterocycles. The van der Waals surface area contributed by atoms with Crippen LogP contribution in [0.2, 0.25) is 0 Å². The van der Waals surface area contributed by atoms with Crippen LogP contribution in [0.3, 0.4) is 0 Å². The van der Waals surface area contributed by atoms with Gasteiger partial charge in [0, 0.05) is 26.3 Å². The van der Waals surface area contributed by atoms with Crippen molar-refractivity contribution < 1.29 is 4.79 Å². The predicted molar refractivity (Wildman–Crippen MR) is 46.8 cm³/mol. The first-order chi connectivity index (χ1) is 5.75. The second-order valence-corrected chi connectivity index (χ2v) is 2.55. The third kappa shape index (κ3) is 1.85. The molecule has 0 bridgehead atoms. The molecule has 0 aliphatic carbocycles. The van der Waals surface area contributed by atoms with E-state index in [1.165, 1.54) is 0 Å². The van der Waals surface area contributed by atoms with Crippen LogP contribution in [0.15, 0.2) is 18.3 Å². The van der Waals surface area contributed by atoms with E-state index in [9.17, 15) is 4.79 Å². The maximum absolute atomic E-state index is 11.3. The Morgan fingerprint density at radius 1 is 1.75 bits per heavy atom. The summed E-state index contributed by atoms with van der Waals surface area (Å²) in [5.41, 5.74) is 5.90. The highest BCUT2D eigenvalue weighted by atomic mass is 16.1. The quantitative estimate of drug-likeness (QED) is 0.650. The molecule has 12 heavy (non-hydrogen) atoms. The number of aromatic nitrogens is 1. The molecule has 0 saturated carbocycles. The van der Waals surface area contributed by atoms with Crippen LogP contribution in [0.1, 0.15) is 10.5 Å². The zero-order chi connectivity index (χ0) is 8.97. The van der Waals surface area contributed by atoms with Gasteiger partial charge < -0.3 is 15.6 Å². The fourth-order valence-corrected chi connectivity index (χ4v) is 0.973. The van der Waals surface area contributed by atoms with Crippen molar-refractivity contribution in [3.63, 3.8) is 0 Å². The molecule has 0 aromatic carbocycles. The molecule has 0 fully saturated rings. The fraction of sp³-hybridized carbons (Fsp3) is 0.375. The van der Waals surface area contributed by atoms with Gasteiger partial charge in [-0.05, 0) is 12.1 Å². The molecule has 66 valence electrons. The molecule has 0 aliphatic heterocycles. The van der Waals surface area contributed by atoms with E-state index in [1.54, 1.807) is 10.6 Å². The van der Waals surface area contributed by atoms with Crippen LogP contribution in [0.4, 0.5) is 0 Å². The summed E-state index contributed by atoms with van der Waals surface area (Å²) in [6, 6.07) is 3.60. The zero-order valence-electron chi connectivity index (χ0n) is 7.08. The Hall–Kier alpha value is -1.29. The maximum Gasteiger partial charge on any atom is 0.267 e. The lowest BCUT2D eigenvalue weighted by Gasteiger charge is -2.03. The lowest BCUT2D eigenvalue weighted by molar-refractivity contribution is 0.0946. The van der Waals surface area contributed by atoms with Crippen molar-refractivity contribution in [1.82, 2.24) is 9.88 Å². The molecule has 1 aromatic heterocycles. The molecule has 0 radical (unpaired) electrons. The SMILES string of the molecule is Cn1cccc1C(=O)NCCN. The van der Waals surface area contributed by atoms with Crippen LogP contribution >= 0.6 is 0 Å². The molecule has 1 rings (SSSR count). The number of amides is 1. The smallest absolute Gasteiger partial charge is 0.267 e. The minimum absolute atomic E-state index is 0.0760. The summed E-state index contributed by atoms with van der Waals surface area (Å²) in [7, 11) is 1.83. The minimum Gasteiger partial charge on any atom is -0.349 e. The first-order valence-electron chi connectivity index (χ1n) is 3.85. The monoisotopic (exact) mass is 167 g/mol. The Kier molecular flexibility index (Phi) is 2.88. The summed E-state index contributed by atoms with van der Waals surface area (Å²) in [4.78, 5) is 11.3. The summed E-state index contributed by atoms with van der Waals surface area (Å²) in [5, 5.41) is 2.69. The molecule has 1 aromatic rings. The number of carbonyl (C=O) groups is 1. The Labute approximate surface area is 71.4 Å². The van der Waals surface area contributed by atoms with Gasteiger partial charge in [-0.2, -0.15) is 0 Å². The minimum atomic E-state index is -0.0760. The summed E-state index contributed by atoms with van der Waals surface area (Å²) in [5.74, 6) is -0.0760. The van der Waals surface area contributed by atoms with Gasteiger partial charge in [-0.1, -0.05) is 0 Å². The Morgan fingerprint density at radius 2 is 2.50 bits per heavy atom. The molecule has 1 heterocycles. The second-order valence-electron chi connectivity index (χ2n) is 2.55. The number of carbonyl (C=O) groups excluding carboxylic acids is 1. The van der Waals surface area contributed by atoms with Crippen molar-refractivity contribution in [2.45, 2.75) is 0 Å². The van der Waals surface area contributed by atoms with Crippen LogP contribution in [-0.2, 0) is 7.05 Å². The highest BCUT2D eigenvalue weighted by Crippen LogP contribution is 1.97. The van der Waals surface area contributed by atoms with Gasteiger partial charge >= 0.3 is 0 Å². The number of hydrogen-bond donors (Lipinski definition) is 2. The molecule has 3 N–H and O–H groups in total. The maximum atomic E-state index is 11.3. The van der Waals surface area contributed by atoms with Crippen molar-refractivity contribution >= 4 is 5.91 Å². The van der Waals surface area contributed by atoms with Gasteiger partial charge in [-0.15, -0.1) is 0 Å². The van der Waals surface area contributed by atoms with Gasteiger partial charge in [0.05, 0.1) is 0 Å². The molecular weight excluding hydrogens is 154 g/mol. The number of rotatable bonds is 3. The number of aryl methyl sites for hydroxylation is 1. The molecular formula is C8H13N3O. The van der Waals surface area contributed by atoms with Crippen LogP contribution in [-0.4, -0.2) is 23.6 Å². The first-order valence-corrected chi connectivity index (χ1v) is 3.85. The Bertz CT molecular complexity index is 267. The average Bonchev–Trinajstić information content (AvgIpc) is 2.47. The standard InChI is InChI=1S/C8H13N3O/c1-11-6-2-3-7(11)8(12)10-5-4-9/h2-3,6H,4-5,9H2,1H3,(H,10,12). The molecule has 0 atom stereocenters. The van der Waals surface area contributed by atoms with Crippen molar-refractivity contribution in [3.8, 4) is 0 Å². The number of hydrogen-bond acceptors (Lipinski definition) is 2. The average molecular weight is 167 g/mol. The predicted octanol–water partition coefficient (Wildman–Crippen LogP) is -0.286. The molecule has 0 spiro atoms. The van der Waals surface area contributed by atoms with E-state index in [4.69, 9.17) is 5.73 Å². The largest absolute Gasteiger partial charge is 0.349 e. The topological polar surface area (TPSA) is 60.0 Å². The lowest BCUT2D eigenvalue weighted by atomic mass is 10.4. The normalized spacial score (nSPS) is 9.83. The molecule has 4 nitrogen and oxygen atoms in total. The lowest BCUT2D eigenvalue weighted by Crippen LogP contribution is -2.30. The van der Waals surface area contributed by atoms with Gasteiger partial charge in [0.25, 0.3) is 5.91 Å². The van der Waals surface area contributed by atoms with Crippen LogP contribution in [0.5, 0.6) is 0 Å². The van der Waals surface area contributed by atoms with E-state index in [2.05, 4.69) is 5.32 Å². The first kappa shape index (κ1) is 8.80. The van der Waals surface area contributed by atoms with Crippen LogP contribution < -0.4 is 11.1 Å². The fourth-order valence-electron chi connectivity index (χ4n) is 0.973. The van der Waals surface area contributed by atoms with E-state index in [0.717, 1.165) is 0 Å². The molecule has 0 unspecified atom stereocenters. The van der Waals surface area contributed by atoms with Crippen molar-refractivity contribution in [2.24, 2.45) is 12.8 Å². The van der Waals surface area contributed by atoms with E-state index in [1.807, 2.05) is 19.3 Å². The third-order valence-corrected chi connectivity index (χ3v) is 1.61. The van der Waals surface area contributed by atoms with Crippen molar-refractivity contribution in [2.75, 3.05) is 13.1 Å². The summed E-state index contributed by atoms with van der Waals surface area (Å²) in [6.07, 6.45) is 1.83. The molecule has 4 heteroatoms. The van der Waals surface area contributed by atoms with Crippen molar-refractivity contribution in [3.05, 3.63) is 24.0 Å². The van der Waals surface area contributed by atoms with Crippen LogP contribution in [0.25, 0.3) is 0 Å². The Morgan fingerprint density at radius 3 is 3.00 bits per heavy atom. The molecule has 0 aliphatic rings. The van der Waals surface area contributed by atoms with Gasteiger partial charge in [-0.25, -0.2) is 0 Å². The highest BCUT2D eigenvalue weighted by Gasteiger charge is 2.06. The van der Waals surface area contributed by atoms with E-state index < -0.39 is 0 Å². The summed E-state index contributed by atoms with van der Waals surface area (Å²) >= 11 is 0. The summed E-state index contributed by atoms with van der Waals surface area (Å²) < 4.78 is 1.77. The van der Waals surface area contributed by atoms with Gasteiger partial charge in [0.15, 0.2) is 0 Å². The highest BCUT2D eigenvalue weighted by molar-refractivity contribution is 5.92. The number of nitrogens with zero attached hydrogens (tertiary/aromatic N) is 1. The van der Waals surface area contributed by atoms with E-state index in [0.29, 0.717) is 18.8 Å². The van der Waals surface area contributed by atoms with E-state index in [-0.39, 0.29) is 5.91 Å². The van der Waals surface area contributed by atoms with Gasteiger partial charge in [-0.3, -0.25) is 4.79 Å². The van der Waals surface area contributed by atoms with E-state index >= 15 is 0 Å². The second kappa shape index (κ2) is 3.92. The number of nitrogens with two attached hydrogens (primary N) is 1. The third-order valence-electron chi connectivity index (χ3n) is 1.61. The zero-order valence-corrected chi connectivity index (χ0v) is 7.08. The summed E-state index contributed by atoms with van der Waals surface area (Å²) in [6.45, 7) is 0.986. The number of nitrogens with one attached hydrogen (secondary N) is 1. The Balaban J connectivity index is 2.59. The van der Waals surface area contributed by atoms with Gasteiger partial charge in [0.1, 0.15) is 5.69 Å². The van der Waals surface area contributed by atoms with Gasteiger partial charge in [0.2, 0.25) is 0 Å². The molecule has 1 amide bonds. The van der Waals surface area contributed by atoms with Crippen molar-refractivity contribution in [1.29, 1.82) is 0 Å². The van der Waals surface area contributed by atoms with Crippen LogP contribution in [0, 0.1) is 0 Å².